The van der Waals surface area contributed by atoms with Crippen molar-refractivity contribution in [3.05, 3.63) is 46.9 Å². The molecule has 9 nitrogen and oxygen atoms in total. The number of carbonyl (C=O) groups is 4. The zero-order chi connectivity index (χ0) is 25.8. The Bertz CT molecular complexity index is 1120. The van der Waals surface area contributed by atoms with Gasteiger partial charge in [-0.2, -0.15) is 0 Å². The van der Waals surface area contributed by atoms with Crippen LogP contribution in [0.15, 0.2) is 41.4 Å². The number of likely N-dealkylation sites (tertiary alicyclic amines) is 2. The summed E-state index contributed by atoms with van der Waals surface area (Å²) < 4.78 is 5.36. The lowest BCUT2D eigenvalue weighted by Gasteiger charge is -2.31. The summed E-state index contributed by atoms with van der Waals surface area (Å²) in [4.78, 5) is 59.8. The fourth-order valence-corrected chi connectivity index (χ4v) is 6.49. The van der Waals surface area contributed by atoms with Crippen molar-refractivity contribution in [3.63, 3.8) is 0 Å². The van der Waals surface area contributed by atoms with Crippen LogP contribution in [-0.4, -0.2) is 69.7 Å². The number of fused-ring (bicyclic) bond motifs is 1. The van der Waals surface area contributed by atoms with Crippen LogP contribution in [0.25, 0.3) is 0 Å². The summed E-state index contributed by atoms with van der Waals surface area (Å²) in [5.74, 6) is 0.225. The van der Waals surface area contributed by atoms with Gasteiger partial charge in [0.1, 0.15) is 17.8 Å². The van der Waals surface area contributed by atoms with Gasteiger partial charge in [0.05, 0.1) is 19.0 Å². The number of pyridine rings is 1. The molecular weight excluding hydrogens is 492 g/mol. The van der Waals surface area contributed by atoms with Crippen LogP contribution in [0, 0.1) is 5.92 Å². The number of Topliss-reactive ketones (excluding diaryl/α,β-unsaturated/α-hetero) is 1. The first-order chi connectivity index (χ1) is 18.0. The lowest BCUT2D eigenvalue weighted by atomic mass is 9.84. The molecule has 0 aromatic carbocycles. The van der Waals surface area contributed by atoms with E-state index in [4.69, 9.17) is 4.74 Å². The van der Waals surface area contributed by atoms with Crippen LogP contribution in [0.3, 0.4) is 0 Å². The zero-order valence-corrected chi connectivity index (χ0v) is 21.5. The van der Waals surface area contributed by atoms with Gasteiger partial charge in [-0.15, -0.1) is 11.3 Å². The SMILES string of the molecule is O=C(NC(CC1CCCCC1)C(=O)N1CCC2C1C(=O)CN2C(=O)Cc1cccnc1)Oc1ccsc1. The van der Waals surface area contributed by atoms with Gasteiger partial charge in [0.25, 0.3) is 0 Å². The number of rotatable bonds is 7. The van der Waals surface area contributed by atoms with Gasteiger partial charge in [-0.3, -0.25) is 19.4 Å². The molecular formula is C27H32N4O5S. The number of hydrogen-bond donors (Lipinski definition) is 1. The maximum atomic E-state index is 13.8. The Labute approximate surface area is 220 Å². The molecule has 1 N–H and O–H groups in total. The molecule has 196 valence electrons. The highest BCUT2D eigenvalue weighted by atomic mass is 32.1. The predicted octanol–water partition coefficient (Wildman–Crippen LogP) is 3.19. The summed E-state index contributed by atoms with van der Waals surface area (Å²) in [5, 5.41) is 6.32. The second-order valence-electron chi connectivity index (χ2n) is 10.1. The summed E-state index contributed by atoms with van der Waals surface area (Å²) >= 11 is 1.42. The first-order valence-corrected chi connectivity index (χ1v) is 14.0. The van der Waals surface area contributed by atoms with Crippen molar-refractivity contribution < 1.29 is 23.9 Å². The van der Waals surface area contributed by atoms with Gasteiger partial charge in [0.15, 0.2) is 5.78 Å². The monoisotopic (exact) mass is 524 g/mol. The van der Waals surface area contributed by atoms with Crippen LogP contribution in [0.4, 0.5) is 4.79 Å². The van der Waals surface area contributed by atoms with Crippen molar-refractivity contribution in [3.8, 4) is 5.75 Å². The minimum atomic E-state index is -0.777. The number of amides is 3. The molecule has 10 heteroatoms. The Hall–Kier alpha value is -3.27. The Morgan fingerprint density at radius 1 is 1.14 bits per heavy atom. The number of thiophene rings is 1. The molecule has 3 fully saturated rings. The number of ether oxygens (including phenoxy) is 1. The van der Waals surface area contributed by atoms with Crippen LogP contribution in [0.2, 0.25) is 0 Å². The molecule has 2 aromatic heterocycles. The maximum Gasteiger partial charge on any atom is 0.413 e. The van der Waals surface area contributed by atoms with Gasteiger partial charge in [-0.25, -0.2) is 4.79 Å². The molecule has 2 aliphatic heterocycles. The summed E-state index contributed by atoms with van der Waals surface area (Å²) in [6.45, 7) is 0.373. The van der Waals surface area contributed by atoms with E-state index >= 15 is 0 Å². The second kappa shape index (κ2) is 11.4. The molecule has 0 bridgehead atoms. The topological polar surface area (TPSA) is 109 Å². The van der Waals surface area contributed by atoms with E-state index in [0.717, 1.165) is 31.2 Å². The van der Waals surface area contributed by atoms with Gasteiger partial charge in [0.2, 0.25) is 11.8 Å². The number of hydrogen-bond acceptors (Lipinski definition) is 7. The van der Waals surface area contributed by atoms with E-state index in [2.05, 4.69) is 10.3 Å². The van der Waals surface area contributed by atoms with Crippen molar-refractivity contribution in [1.29, 1.82) is 0 Å². The van der Waals surface area contributed by atoms with Crippen LogP contribution < -0.4 is 10.1 Å². The number of aromatic nitrogens is 1. The summed E-state index contributed by atoms with van der Waals surface area (Å²) in [5.41, 5.74) is 0.787. The molecule has 3 aliphatic rings. The van der Waals surface area contributed by atoms with E-state index in [9.17, 15) is 19.2 Å². The van der Waals surface area contributed by atoms with Gasteiger partial charge >= 0.3 is 6.09 Å². The van der Waals surface area contributed by atoms with Crippen molar-refractivity contribution in [2.45, 2.75) is 69.5 Å². The van der Waals surface area contributed by atoms with Crippen molar-refractivity contribution in [2.75, 3.05) is 13.1 Å². The van der Waals surface area contributed by atoms with E-state index in [1.54, 1.807) is 39.7 Å². The Balaban J connectivity index is 1.28. The van der Waals surface area contributed by atoms with Gasteiger partial charge in [0, 0.05) is 24.3 Å². The maximum absolute atomic E-state index is 13.8. The smallest absolute Gasteiger partial charge is 0.409 e. The standard InChI is InChI=1S/C27H32N4O5S/c32-23-16-31(24(33)14-19-7-4-10-28-15-19)22-8-11-30(25(22)23)26(34)21(13-18-5-2-1-3-6-18)29-27(35)36-20-9-12-37-17-20/h4,7,9-10,12,15,17-18,21-22,25H,1-3,5-6,8,11,13-14,16H2,(H,29,35). The molecule has 2 aromatic rings. The molecule has 5 rings (SSSR count). The molecule has 1 aliphatic carbocycles. The third kappa shape index (κ3) is 5.84. The molecule has 0 radical (unpaired) electrons. The number of carbonyl (C=O) groups excluding carboxylic acids is 4. The molecule has 3 atom stereocenters. The molecule has 37 heavy (non-hydrogen) atoms. The Morgan fingerprint density at radius 2 is 1.97 bits per heavy atom. The minimum Gasteiger partial charge on any atom is -0.409 e. The predicted molar refractivity (Wildman–Crippen MR) is 137 cm³/mol. The van der Waals surface area contributed by atoms with Crippen molar-refractivity contribution in [2.24, 2.45) is 5.92 Å². The number of ketones is 1. The average molecular weight is 525 g/mol. The highest BCUT2D eigenvalue weighted by Gasteiger charge is 2.52. The van der Waals surface area contributed by atoms with Crippen LogP contribution in [-0.2, 0) is 20.8 Å². The van der Waals surface area contributed by atoms with Gasteiger partial charge < -0.3 is 19.9 Å². The molecule has 0 spiro atoms. The molecule has 4 heterocycles. The normalized spacial score (nSPS) is 22.5. The third-order valence-electron chi connectivity index (χ3n) is 7.69. The quantitative estimate of drug-likeness (QED) is 0.596. The summed E-state index contributed by atoms with van der Waals surface area (Å²) in [6.07, 6.45) is 9.31. The fraction of sp³-hybridized carbons (Fsp3) is 0.519. The van der Waals surface area contributed by atoms with E-state index in [-0.39, 0.29) is 36.6 Å². The number of nitrogens with one attached hydrogen (secondary N) is 1. The van der Waals surface area contributed by atoms with Crippen LogP contribution in [0.1, 0.15) is 50.5 Å². The lowest BCUT2D eigenvalue weighted by Crippen LogP contribution is -2.53. The third-order valence-corrected chi connectivity index (χ3v) is 8.36. The number of nitrogens with zero attached hydrogens (tertiary/aromatic N) is 3. The van der Waals surface area contributed by atoms with Crippen molar-refractivity contribution >= 4 is 35.0 Å². The van der Waals surface area contributed by atoms with E-state index < -0.39 is 18.2 Å². The molecule has 1 saturated carbocycles. The van der Waals surface area contributed by atoms with Crippen LogP contribution in [0.5, 0.6) is 5.75 Å². The van der Waals surface area contributed by atoms with Crippen molar-refractivity contribution in [1.82, 2.24) is 20.1 Å². The first kappa shape index (κ1) is 25.4. The fourth-order valence-electron chi connectivity index (χ4n) is 5.94. The van der Waals surface area contributed by atoms with Crippen LogP contribution >= 0.6 is 11.3 Å². The summed E-state index contributed by atoms with van der Waals surface area (Å²) in [6, 6.07) is 3.52. The summed E-state index contributed by atoms with van der Waals surface area (Å²) in [7, 11) is 0. The van der Waals surface area contributed by atoms with Gasteiger partial charge in [-0.1, -0.05) is 38.2 Å². The first-order valence-electron chi connectivity index (χ1n) is 13.0. The lowest BCUT2D eigenvalue weighted by molar-refractivity contribution is -0.138. The minimum absolute atomic E-state index is 0.000866. The molecule has 3 amide bonds. The average Bonchev–Trinajstić information content (AvgIpc) is 3.64. The van der Waals surface area contributed by atoms with E-state index in [0.29, 0.717) is 31.1 Å². The highest BCUT2D eigenvalue weighted by molar-refractivity contribution is 7.08. The van der Waals surface area contributed by atoms with Gasteiger partial charge in [-0.05, 0) is 41.8 Å². The highest BCUT2D eigenvalue weighted by Crippen LogP contribution is 2.33. The molecule has 2 saturated heterocycles. The van der Waals surface area contributed by atoms with E-state index in [1.165, 1.54) is 17.8 Å². The Morgan fingerprint density at radius 3 is 2.70 bits per heavy atom. The zero-order valence-electron chi connectivity index (χ0n) is 20.7. The van der Waals surface area contributed by atoms with E-state index in [1.807, 2.05) is 11.4 Å². The largest absolute Gasteiger partial charge is 0.413 e. The molecule has 3 unspecified atom stereocenters. The second-order valence-corrected chi connectivity index (χ2v) is 10.9. The Kier molecular flexibility index (Phi) is 7.83.